The number of rotatable bonds is 7. The summed E-state index contributed by atoms with van der Waals surface area (Å²) in [5.74, 6) is -0.121. The van der Waals surface area contributed by atoms with E-state index < -0.39 is 5.97 Å². The second kappa shape index (κ2) is 9.47. The summed E-state index contributed by atoms with van der Waals surface area (Å²) in [5, 5.41) is 3.67. The van der Waals surface area contributed by atoms with Crippen LogP contribution < -0.4 is 10.1 Å². The molecule has 0 aliphatic rings. The van der Waals surface area contributed by atoms with Crippen LogP contribution in [0.5, 0.6) is 5.75 Å². The van der Waals surface area contributed by atoms with Gasteiger partial charge in [0.1, 0.15) is 11.3 Å². The molecule has 32 heavy (non-hydrogen) atoms. The average Bonchev–Trinajstić information content (AvgIpc) is 3.16. The molecule has 1 N–H and O–H groups in total. The Morgan fingerprint density at radius 2 is 1.72 bits per heavy atom. The summed E-state index contributed by atoms with van der Waals surface area (Å²) in [6.07, 6.45) is 0.766. The van der Waals surface area contributed by atoms with Gasteiger partial charge in [-0.05, 0) is 66.1 Å². The quantitative estimate of drug-likeness (QED) is 0.534. The first-order valence-corrected chi connectivity index (χ1v) is 10.7. The van der Waals surface area contributed by atoms with Gasteiger partial charge in [-0.25, -0.2) is 4.79 Å². The Balaban J connectivity index is 1.53. The summed E-state index contributed by atoms with van der Waals surface area (Å²) in [4.78, 5) is 23.8. The van der Waals surface area contributed by atoms with Gasteiger partial charge in [0.05, 0.1) is 7.11 Å². The van der Waals surface area contributed by atoms with E-state index in [4.69, 9.17) is 9.15 Å². The topological polar surface area (TPSA) is 77.8 Å². The first-order chi connectivity index (χ1) is 15.1. The monoisotopic (exact) mass is 437 g/mol. The number of carbonyl (C=O) groups excluding carboxylic acids is 2. The van der Waals surface area contributed by atoms with Gasteiger partial charge in [-0.1, -0.05) is 32.9 Å². The maximum absolute atomic E-state index is 12.2. The summed E-state index contributed by atoms with van der Waals surface area (Å²) < 4.78 is 15.7. The first kappa shape index (κ1) is 23.4. The predicted molar refractivity (Wildman–Crippen MR) is 124 cm³/mol. The van der Waals surface area contributed by atoms with Crippen molar-refractivity contribution in [2.45, 2.75) is 46.5 Å². The molecular weight excluding hydrogens is 406 g/mol. The summed E-state index contributed by atoms with van der Waals surface area (Å²) in [5.41, 5.74) is 5.69. The third-order valence-electron chi connectivity index (χ3n) is 5.51. The van der Waals surface area contributed by atoms with Gasteiger partial charge >= 0.3 is 5.97 Å². The Labute approximate surface area is 188 Å². The zero-order valence-electron chi connectivity index (χ0n) is 19.6. The first-order valence-electron chi connectivity index (χ1n) is 10.7. The number of carbonyl (C=O) groups is 2. The molecule has 0 fully saturated rings. The summed E-state index contributed by atoms with van der Waals surface area (Å²) >= 11 is 0. The molecule has 170 valence electrons. The highest BCUT2D eigenvalue weighted by Gasteiger charge is 2.16. The van der Waals surface area contributed by atoms with E-state index in [1.165, 1.54) is 29.4 Å². The highest BCUT2D eigenvalue weighted by molar-refractivity contribution is 5.92. The lowest BCUT2D eigenvalue weighted by molar-refractivity contribution is -0.123. The van der Waals surface area contributed by atoms with Gasteiger partial charge in [0.2, 0.25) is 5.76 Å². The Morgan fingerprint density at radius 1 is 1.03 bits per heavy atom. The normalized spacial score (nSPS) is 11.4. The van der Waals surface area contributed by atoms with Crippen LogP contribution in [0.15, 0.2) is 40.8 Å². The van der Waals surface area contributed by atoms with Crippen LogP contribution in [0.4, 0.5) is 0 Å². The molecule has 6 heteroatoms. The second-order valence-electron chi connectivity index (χ2n) is 9.03. The fourth-order valence-corrected chi connectivity index (χ4v) is 3.65. The smallest absolute Gasteiger partial charge is 0.373 e. The van der Waals surface area contributed by atoms with Crippen molar-refractivity contribution in [3.8, 4) is 5.75 Å². The lowest BCUT2D eigenvalue weighted by atomic mass is 9.83. The van der Waals surface area contributed by atoms with Gasteiger partial charge in [-0.3, -0.25) is 4.79 Å². The van der Waals surface area contributed by atoms with Crippen LogP contribution >= 0.6 is 0 Å². The van der Waals surface area contributed by atoms with Gasteiger partial charge in [0, 0.05) is 18.0 Å². The fourth-order valence-electron chi connectivity index (χ4n) is 3.65. The number of hydrogen-bond donors (Lipinski definition) is 1. The number of furan rings is 1. The number of ether oxygens (including phenoxy) is 2. The molecule has 0 spiro atoms. The Hall–Kier alpha value is -3.28. The number of nitrogens with one attached hydrogen (secondary N) is 1. The molecule has 0 saturated heterocycles. The number of hydrogen-bond acceptors (Lipinski definition) is 5. The van der Waals surface area contributed by atoms with Crippen LogP contribution in [0.25, 0.3) is 11.0 Å². The van der Waals surface area contributed by atoms with Gasteiger partial charge < -0.3 is 19.2 Å². The Morgan fingerprint density at radius 3 is 2.34 bits per heavy atom. The summed E-state index contributed by atoms with van der Waals surface area (Å²) in [6, 6.07) is 11.2. The number of esters is 1. The SMILES string of the molecule is COC(=O)c1cc2ccc(OCC(=O)NCCc3c(C)cc(C(C)(C)C)cc3C)cc2o1. The van der Waals surface area contributed by atoms with Crippen molar-refractivity contribution >= 4 is 22.8 Å². The minimum atomic E-state index is -0.540. The van der Waals surface area contributed by atoms with E-state index in [0.29, 0.717) is 17.9 Å². The van der Waals surface area contributed by atoms with Crippen molar-refractivity contribution in [1.29, 1.82) is 0 Å². The number of amides is 1. The van der Waals surface area contributed by atoms with Crippen molar-refractivity contribution in [2.75, 3.05) is 20.3 Å². The molecule has 2 aromatic carbocycles. The molecule has 0 radical (unpaired) electrons. The third-order valence-corrected chi connectivity index (χ3v) is 5.51. The highest BCUT2D eigenvalue weighted by Crippen LogP contribution is 2.27. The van der Waals surface area contributed by atoms with Crippen LogP contribution in [0, 0.1) is 13.8 Å². The molecule has 3 rings (SSSR count). The standard InChI is InChI=1S/C26H31NO5/c1-16-11-19(26(3,4)5)12-17(2)21(16)9-10-27-24(28)15-31-20-8-7-18-13-23(25(29)30-6)32-22(18)14-20/h7-8,11-14H,9-10,15H2,1-6H3,(H,27,28). The molecular formula is C26H31NO5. The van der Waals surface area contributed by atoms with Gasteiger partial charge in [-0.2, -0.15) is 0 Å². The molecule has 0 aliphatic carbocycles. The van der Waals surface area contributed by atoms with Crippen molar-refractivity contribution in [1.82, 2.24) is 5.32 Å². The summed E-state index contributed by atoms with van der Waals surface area (Å²) in [6.45, 7) is 11.3. The second-order valence-corrected chi connectivity index (χ2v) is 9.03. The zero-order chi connectivity index (χ0) is 23.5. The van der Waals surface area contributed by atoms with Gasteiger partial charge in [0.25, 0.3) is 5.91 Å². The van der Waals surface area contributed by atoms with E-state index in [9.17, 15) is 9.59 Å². The van der Waals surface area contributed by atoms with E-state index in [1.54, 1.807) is 24.3 Å². The van der Waals surface area contributed by atoms with Crippen molar-refractivity contribution in [2.24, 2.45) is 0 Å². The third kappa shape index (κ3) is 5.49. The van der Waals surface area contributed by atoms with E-state index in [2.05, 4.69) is 56.8 Å². The molecule has 0 aliphatic heterocycles. The molecule has 1 heterocycles. The average molecular weight is 438 g/mol. The van der Waals surface area contributed by atoms with E-state index >= 15 is 0 Å². The molecule has 6 nitrogen and oxygen atoms in total. The highest BCUT2D eigenvalue weighted by atomic mass is 16.5. The Kier molecular flexibility index (Phi) is 6.92. The van der Waals surface area contributed by atoms with E-state index in [1.807, 2.05) is 0 Å². The molecule has 1 aromatic heterocycles. The van der Waals surface area contributed by atoms with Gasteiger partial charge in [-0.15, -0.1) is 0 Å². The van der Waals surface area contributed by atoms with Crippen molar-refractivity contribution < 1.29 is 23.5 Å². The number of benzene rings is 2. The molecule has 0 unspecified atom stereocenters. The number of methoxy groups -OCH3 is 1. The lowest BCUT2D eigenvalue weighted by Crippen LogP contribution is -2.30. The Bertz CT molecular complexity index is 1110. The van der Waals surface area contributed by atoms with Crippen molar-refractivity contribution in [3.63, 3.8) is 0 Å². The largest absolute Gasteiger partial charge is 0.484 e. The predicted octanol–water partition coefficient (Wildman–Crippen LogP) is 4.87. The van der Waals surface area contributed by atoms with E-state index in [-0.39, 0.29) is 23.7 Å². The van der Waals surface area contributed by atoms with Crippen LogP contribution in [0.3, 0.4) is 0 Å². The fraction of sp³-hybridized carbons (Fsp3) is 0.385. The maximum Gasteiger partial charge on any atom is 0.373 e. The molecule has 3 aromatic rings. The van der Waals surface area contributed by atoms with Crippen LogP contribution in [0.1, 0.15) is 53.6 Å². The zero-order valence-corrected chi connectivity index (χ0v) is 19.6. The minimum absolute atomic E-state index is 0.100. The minimum Gasteiger partial charge on any atom is -0.484 e. The number of aryl methyl sites for hydroxylation is 2. The van der Waals surface area contributed by atoms with Crippen LogP contribution in [-0.2, 0) is 21.4 Å². The molecule has 0 bridgehead atoms. The molecule has 0 saturated carbocycles. The van der Waals surface area contributed by atoms with Crippen LogP contribution in [0.2, 0.25) is 0 Å². The van der Waals surface area contributed by atoms with E-state index in [0.717, 1.165) is 11.8 Å². The summed E-state index contributed by atoms with van der Waals surface area (Å²) in [7, 11) is 1.30. The van der Waals surface area contributed by atoms with Crippen molar-refractivity contribution in [3.05, 3.63) is 64.4 Å². The van der Waals surface area contributed by atoms with Gasteiger partial charge in [0.15, 0.2) is 6.61 Å². The molecule has 1 amide bonds. The lowest BCUT2D eigenvalue weighted by Gasteiger charge is -2.22. The van der Waals surface area contributed by atoms with Crippen LogP contribution in [-0.4, -0.2) is 32.1 Å². The maximum atomic E-state index is 12.2. The number of fused-ring (bicyclic) bond motifs is 1. The molecule has 0 atom stereocenters.